The van der Waals surface area contributed by atoms with Gasteiger partial charge in [0.1, 0.15) is 11.0 Å². The summed E-state index contributed by atoms with van der Waals surface area (Å²) in [6, 6.07) is 18.3. The molecular formula is C27H21N2NaO5S. The zero-order valence-electron chi connectivity index (χ0n) is 20.1. The Hall–Kier alpha value is -3.17. The predicted octanol–water partition coefficient (Wildman–Crippen LogP) is 0.810. The third kappa shape index (κ3) is 6.14. The summed E-state index contributed by atoms with van der Waals surface area (Å²) >= 11 is 1.02. The Balaban J connectivity index is 0.00000361. The minimum absolute atomic E-state index is 0. The van der Waals surface area contributed by atoms with Gasteiger partial charge in [-0.2, -0.15) is 8.75 Å². The van der Waals surface area contributed by atoms with Crippen molar-refractivity contribution in [3.63, 3.8) is 0 Å². The molecule has 4 rings (SSSR count). The molecule has 9 heteroatoms. The zero-order chi connectivity index (χ0) is 24.9. The van der Waals surface area contributed by atoms with Crippen molar-refractivity contribution in [1.82, 2.24) is 8.75 Å². The van der Waals surface area contributed by atoms with E-state index in [-0.39, 0.29) is 53.7 Å². The van der Waals surface area contributed by atoms with Crippen LogP contribution in [0.15, 0.2) is 72.3 Å². The maximum Gasteiger partial charge on any atom is 1.00 e. The van der Waals surface area contributed by atoms with Crippen molar-refractivity contribution in [2.75, 3.05) is 6.61 Å². The van der Waals surface area contributed by atoms with Crippen LogP contribution in [0.3, 0.4) is 0 Å². The van der Waals surface area contributed by atoms with Gasteiger partial charge in [0, 0.05) is 23.1 Å². The molecule has 0 bridgehead atoms. The molecule has 4 aromatic rings. The number of hydrogen-bond donors (Lipinski definition) is 0. The molecule has 36 heavy (non-hydrogen) atoms. The molecule has 0 atom stereocenters. The number of esters is 1. The molecule has 1 heterocycles. The van der Waals surface area contributed by atoms with Crippen LogP contribution >= 0.6 is 11.7 Å². The molecular weight excluding hydrogens is 487 g/mol. The van der Waals surface area contributed by atoms with E-state index in [1.54, 1.807) is 73.7 Å². The van der Waals surface area contributed by atoms with Crippen molar-refractivity contribution in [2.24, 2.45) is 0 Å². The number of carboxylic acid groups (broad SMARTS) is 1. The van der Waals surface area contributed by atoms with Gasteiger partial charge in [-0.3, -0.25) is 4.79 Å². The predicted molar refractivity (Wildman–Crippen MR) is 131 cm³/mol. The van der Waals surface area contributed by atoms with E-state index in [1.165, 1.54) is 0 Å². The van der Waals surface area contributed by atoms with Crippen LogP contribution in [0.5, 0.6) is 0 Å². The standard InChI is InChI=1S/C27H22N2O5S.Na/c1-3-34-27(33)19-10-6-17(7-11-19)14-21(25(30)18-8-4-16(2)5-9-18)24(26(31)32)20-12-13-22-23(15-20)29-35-28-22;/h4-13,15H,3,14H2,1-2H3,(H,31,32);/q;+1/p-1. The number of carbonyl (C=O) groups is 3. The molecule has 0 aliphatic rings. The van der Waals surface area contributed by atoms with Gasteiger partial charge < -0.3 is 14.6 Å². The average Bonchev–Trinajstić information content (AvgIpc) is 3.32. The molecule has 0 amide bonds. The summed E-state index contributed by atoms with van der Waals surface area (Å²) in [6.07, 6.45) is 0.0203. The van der Waals surface area contributed by atoms with Crippen LogP contribution in [0.1, 0.15) is 44.3 Å². The minimum atomic E-state index is -1.47. The number of hydrogen-bond acceptors (Lipinski definition) is 8. The first kappa shape index (κ1) is 27.4. The van der Waals surface area contributed by atoms with E-state index in [4.69, 9.17) is 4.74 Å². The number of benzene rings is 3. The number of carboxylic acids is 1. The first-order valence-electron chi connectivity index (χ1n) is 10.9. The Morgan fingerprint density at radius 3 is 2.11 bits per heavy atom. The Bertz CT molecular complexity index is 1440. The number of carbonyl (C=O) groups excluding carboxylic acids is 3. The first-order chi connectivity index (χ1) is 16.9. The van der Waals surface area contributed by atoms with Crippen molar-refractivity contribution in [1.29, 1.82) is 0 Å². The Kier molecular flexibility index (Phi) is 9.28. The van der Waals surface area contributed by atoms with Crippen LogP contribution in [0.2, 0.25) is 0 Å². The summed E-state index contributed by atoms with van der Waals surface area (Å²) in [6.45, 7) is 3.88. The monoisotopic (exact) mass is 508 g/mol. The molecule has 3 aromatic carbocycles. The SMILES string of the molecule is CCOC(=O)c1ccc(CC(C(=O)c2ccc(C)cc2)=C(C(=O)[O-])c2ccc3nsnc3c2)cc1.[Na+]. The van der Waals surface area contributed by atoms with E-state index in [0.29, 0.717) is 33.3 Å². The molecule has 1 aromatic heterocycles. The van der Waals surface area contributed by atoms with Crippen LogP contribution in [-0.2, 0) is 16.0 Å². The summed E-state index contributed by atoms with van der Waals surface area (Å²) in [5.41, 5.74) is 3.71. The van der Waals surface area contributed by atoms with Crippen LogP contribution in [0.25, 0.3) is 16.6 Å². The van der Waals surface area contributed by atoms with Gasteiger partial charge in [0.25, 0.3) is 0 Å². The van der Waals surface area contributed by atoms with Crippen LogP contribution in [0.4, 0.5) is 0 Å². The Morgan fingerprint density at radius 1 is 0.861 bits per heavy atom. The quantitative estimate of drug-likeness (QED) is 0.150. The molecule has 176 valence electrons. The topological polar surface area (TPSA) is 109 Å². The van der Waals surface area contributed by atoms with E-state index < -0.39 is 17.7 Å². The van der Waals surface area contributed by atoms with Crippen molar-refractivity contribution in [3.05, 3.63) is 100 Å². The van der Waals surface area contributed by atoms with E-state index in [0.717, 1.165) is 17.3 Å². The fraction of sp³-hybridized carbons (Fsp3) is 0.148. The zero-order valence-corrected chi connectivity index (χ0v) is 22.9. The summed E-state index contributed by atoms with van der Waals surface area (Å²) in [7, 11) is 0. The van der Waals surface area contributed by atoms with Gasteiger partial charge in [0.2, 0.25) is 0 Å². The summed E-state index contributed by atoms with van der Waals surface area (Å²) in [5, 5.41) is 12.4. The maximum absolute atomic E-state index is 13.6. The third-order valence-corrected chi connectivity index (χ3v) is 6.04. The molecule has 7 nitrogen and oxygen atoms in total. The molecule has 0 aliphatic heterocycles. The number of nitrogens with zero attached hydrogens (tertiary/aromatic N) is 2. The summed E-state index contributed by atoms with van der Waals surface area (Å²) in [5.74, 6) is -2.34. The number of rotatable bonds is 8. The van der Waals surface area contributed by atoms with Gasteiger partial charge >= 0.3 is 35.5 Å². The molecule has 0 fully saturated rings. The van der Waals surface area contributed by atoms with Gasteiger partial charge in [0.15, 0.2) is 5.78 Å². The molecule has 0 N–H and O–H groups in total. The molecule has 0 saturated carbocycles. The number of ether oxygens (including phenoxy) is 1. The molecule has 0 aliphatic carbocycles. The smallest absolute Gasteiger partial charge is 0.545 e. The van der Waals surface area contributed by atoms with E-state index in [2.05, 4.69) is 8.75 Å². The van der Waals surface area contributed by atoms with Crippen molar-refractivity contribution < 1.29 is 53.8 Å². The minimum Gasteiger partial charge on any atom is -0.545 e. The second kappa shape index (κ2) is 12.2. The summed E-state index contributed by atoms with van der Waals surface area (Å²) < 4.78 is 13.3. The number of aliphatic carboxylic acids is 1. The molecule has 0 saturated heterocycles. The van der Waals surface area contributed by atoms with E-state index >= 15 is 0 Å². The number of fused-ring (bicyclic) bond motifs is 1. The average molecular weight is 509 g/mol. The van der Waals surface area contributed by atoms with E-state index in [9.17, 15) is 19.5 Å². The summed E-state index contributed by atoms with van der Waals surface area (Å²) in [4.78, 5) is 38.0. The second-order valence-corrected chi connectivity index (χ2v) is 8.43. The first-order valence-corrected chi connectivity index (χ1v) is 11.6. The van der Waals surface area contributed by atoms with Gasteiger partial charge in [-0.15, -0.1) is 0 Å². The molecule has 0 unspecified atom stereocenters. The number of Topliss-reactive ketones (excluding diaryl/α,β-unsaturated/α-hetero) is 1. The van der Waals surface area contributed by atoms with Crippen molar-refractivity contribution in [3.8, 4) is 0 Å². The number of allylic oxidation sites excluding steroid dienone is 1. The fourth-order valence-corrected chi connectivity index (χ4v) is 4.21. The van der Waals surface area contributed by atoms with Crippen LogP contribution in [0, 0.1) is 6.92 Å². The molecule has 0 radical (unpaired) electrons. The number of ketones is 1. The van der Waals surface area contributed by atoms with Crippen LogP contribution in [-0.4, -0.2) is 33.1 Å². The normalized spacial score (nSPS) is 11.4. The largest absolute Gasteiger partial charge is 1.00 e. The maximum atomic E-state index is 13.6. The second-order valence-electron chi connectivity index (χ2n) is 7.90. The van der Waals surface area contributed by atoms with Crippen molar-refractivity contribution in [2.45, 2.75) is 20.3 Å². The van der Waals surface area contributed by atoms with Gasteiger partial charge in [-0.05, 0) is 49.2 Å². The van der Waals surface area contributed by atoms with E-state index in [1.807, 2.05) is 6.92 Å². The molecule has 0 spiro atoms. The van der Waals surface area contributed by atoms with Gasteiger partial charge in [-0.25, -0.2) is 4.79 Å². The fourth-order valence-electron chi connectivity index (χ4n) is 3.69. The third-order valence-electron chi connectivity index (χ3n) is 5.48. The Labute approximate surface area is 234 Å². The number of aryl methyl sites for hydroxylation is 1. The van der Waals surface area contributed by atoms with Gasteiger partial charge in [0.05, 0.1) is 29.9 Å². The Morgan fingerprint density at radius 2 is 1.47 bits per heavy atom. The van der Waals surface area contributed by atoms with Gasteiger partial charge in [-0.1, -0.05) is 48.0 Å². The van der Waals surface area contributed by atoms with Crippen LogP contribution < -0.4 is 34.7 Å². The number of aromatic nitrogens is 2. The van der Waals surface area contributed by atoms with Crippen molar-refractivity contribution >= 4 is 46.1 Å².